The maximum absolute atomic E-state index is 12.0. The first-order valence-corrected chi connectivity index (χ1v) is 8.04. The van der Waals surface area contributed by atoms with E-state index in [0.717, 1.165) is 45.3 Å². The fraction of sp³-hybridized carbons (Fsp3) is 0.867. The smallest absolute Gasteiger partial charge is 0.223 e. The van der Waals surface area contributed by atoms with Gasteiger partial charge in [-0.3, -0.25) is 9.59 Å². The van der Waals surface area contributed by atoms with E-state index in [4.69, 9.17) is 0 Å². The van der Waals surface area contributed by atoms with Crippen molar-refractivity contribution >= 4 is 11.8 Å². The minimum absolute atomic E-state index is 0.225. The van der Waals surface area contributed by atoms with Crippen molar-refractivity contribution in [3.05, 3.63) is 0 Å². The van der Waals surface area contributed by atoms with Crippen LogP contribution in [0.2, 0.25) is 0 Å². The molecule has 0 bridgehead atoms. The van der Waals surface area contributed by atoms with Gasteiger partial charge in [0.2, 0.25) is 11.8 Å². The Morgan fingerprint density at radius 3 is 2.25 bits per heavy atom. The average Bonchev–Trinajstić information content (AvgIpc) is 3.31. The van der Waals surface area contributed by atoms with Gasteiger partial charge >= 0.3 is 0 Å². The molecule has 0 aromatic heterocycles. The summed E-state index contributed by atoms with van der Waals surface area (Å²) in [5, 5.41) is 6.49. The predicted molar refractivity (Wildman–Crippen MR) is 76.1 cm³/mol. The molecule has 2 saturated carbocycles. The Hall–Kier alpha value is -1.10. The standard InChI is InChI=1S/C15H25N3O2/c19-14(5-8-16-12-3-4-12)18-9-6-13(7-10-18)17-15(20)11-1-2-11/h11-13,16H,1-10H2,(H,17,20). The van der Waals surface area contributed by atoms with Crippen LogP contribution in [0.1, 0.15) is 44.9 Å². The van der Waals surface area contributed by atoms with E-state index in [2.05, 4.69) is 10.6 Å². The monoisotopic (exact) mass is 279 g/mol. The van der Waals surface area contributed by atoms with E-state index in [-0.39, 0.29) is 23.8 Å². The summed E-state index contributed by atoms with van der Waals surface area (Å²) >= 11 is 0. The van der Waals surface area contributed by atoms with Gasteiger partial charge in [0.05, 0.1) is 0 Å². The van der Waals surface area contributed by atoms with Crippen molar-refractivity contribution in [2.45, 2.75) is 57.0 Å². The van der Waals surface area contributed by atoms with Gasteiger partial charge in [0.1, 0.15) is 0 Å². The summed E-state index contributed by atoms with van der Waals surface area (Å²) in [5.41, 5.74) is 0. The summed E-state index contributed by atoms with van der Waals surface area (Å²) in [4.78, 5) is 25.7. The largest absolute Gasteiger partial charge is 0.353 e. The van der Waals surface area contributed by atoms with Crippen molar-refractivity contribution in [3.63, 3.8) is 0 Å². The average molecular weight is 279 g/mol. The molecule has 3 rings (SSSR count). The molecule has 0 radical (unpaired) electrons. The van der Waals surface area contributed by atoms with Crippen LogP contribution in [0.15, 0.2) is 0 Å². The lowest BCUT2D eigenvalue weighted by Gasteiger charge is -2.32. The van der Waals surface area contributed by atoms with Crippen molar-refractivity contribution in [1.29, 1.82) is 0 Å². The van der Waals surface area contributed by atoms with Crippen LogP contribution >= 0.6 is 0 Å². The van der Waals surface area contributed by atoms with Crippen LogP contribution in [0.4, 0.5) is 0 Å². The third-order valence-electron chi connectivity index (χ3n) is 4.49. The normalized spacial score (nSPS) is 23.7. The van der Waals surface area contributed by atoms with Gasteiger partial charge in [0.15, 0.2) is 0 Å². The van der Waals surface area contributed by atoms with Gasteiger partial charge in [-0.05, 0) is 38.5 Å². The van der Waals surface area contributed by atoms with Gasteiger partial charge in [-0.2, -0.15) is 0 Å². The van der Waals surface area contributed by atoms with Crippen LogP contribution in [-0.4, -0.2) is 48.4 Å². The Morgan fingerprint density at radius 2 is 1.65 bits per heavy atom. The molecule has 5 heteroatoms. The molecular weight excluding hydrogens is 254 g/mol. The van der Waals surface area contributed by atoms with Gasteiger partial charge in [0, 0.05) is 44.1 Å². The Bertz CT molecular complexity index is 369. The molecule has 112 valence electrons. The van der Waals surface area contributed by atoms with Gasteiger partial charge in [-0.15, -0.1) is 0 Å². The van der Waals surface area contributed by atoms with Crippen molar-refractivity contribution in [2.24, 2.45) is 5.92 Å². The van der Waals surface area contributed by atoms with Gasteiger partial charge in [-0.25, -0.2) is 0 Å². The Balaban J connectivity index is 1.32. The molecule has 5 nitrogen and oxygen atoms in total. The lowest BCUT2D eigenvalue weighted by atomic mass is 10.0. The van der Waals surface area contributed by atoms with Crippen LogP contribution in [0, 0.1) is 5.92 Å². The first-order valence-electron chi connectivity index (χ1n) is 8.04. The minimum atomic E-state index is 0.225. The van der Waals surface area contributed by atoms with E-state index in [0.29, 0.717) is 12.5 Å². The second kappa shape index (κ2) is 6.12. The summed E-state index contributed by atoms with van der Waals surface area (Å²) in [5.74, 6) is 0.761. The maximum Gasteiger partial charge on any atom is 0.223 e. The molecule has 0 spiro atoms. The van der Waals surface area contributed by atoms with Crippen LogP contribution in [0.3, 0.4) is 0 Å². The zero-order chi connectivity index (χ0) is 13.9. The zero-order valence-electron chi connectivity index (χ0n) is 12.1. The molecule has 3 aliphatic rings. The Morgan fingerprint density at radius 1 is 0.950 bits per heavy atom. The summed E-state index contributed by atoms with van der Waals surface area (Å²) in [7, 11) is 0. The number of nitrogens with one attached hydrogen (secondary N) is 2. The number of hydrogen-bond donors (Lipinski definition) is 2. The van der Waals surface area contributed by atoms with Crippen molar-refractivity contribution in [3.8, 4) is 0 Å². The van der Waals surface area contributed by atoms with Crippen molar-refractivity contribution in [1.82, 2.24) is 15.5 Å². The number of rotatable bonds is 6. The first-order chi connectivity index (χ1) is 9.72. The number of carbonyl (C=O) groups is 2. The number of hydrogen-bond acceptors (Lipinski definition) is 3. The SMILES string of the molecule is O=C(NC1CCN(C(=O)CCNC2CC2)CC1)C1CC1. The number of carbonyl (C=O) groups excluding carboxylic acids is 2. The highest BCUT2D eigenvalue weighted by Gasteiger charge is 2.32. The molecule has 2 N–H and O–H groups in total. The zero-order valence-corrected chi connectivity index (χ0v) is 12.1. The number of piperidine rings is 1. The molecule has 20 heavy (non-hydrogen) atoms. The summed E-state index contributed by atoms with van der Waals surface area (Å²) in [6.07, 6.45) is 7.05. The van der Waals surface area contributed by atoms with Crippen molar-refractivity contribution in [2.75, 3.05) is 19.6 Å². The molecule has 2 amide bonds. The Labute approximate surface area is 120 Å². The lowest BCUT2D eigenvalue weighted by Crippen LogP contribution is -2.47. The molecule has 0 atom stereocenters. The molecule has 1 saturated heterocycles. The fourth-order valence-electron chi connectivity index (χ4n) is 2.77. The topological polar surface area (TPSA) is 61.4 Å². The summed E-state index contributed by atoms with van der Waals surface area (Å²) in [6, 6.07) is 0.947. The second-order valence-electron chi connectivity index (χ2n) is 6.42. The van der Waals surface area contributed by atoms with Crippen LogP contribution in [0.5, 0.6) is 0 Å². The molecule has 1 heterocycles. The second-order valence-corrected chi connectivity index (χ2v) is 6.42. The highest BCUT2D eigenvalue weighted by Crippen LogP contribution is 2.29. The molecular formula is C15H25N3O2. The molecule has 0 aromatic carbocycles. The molecule has 0 aromatic rings. The molecule has 2 aliphatic carbocycles. The van der Waals surface area contributed by atoms with E-state index in [1.165, 1.54) is 12.8 Å². The van der Waals surface area contributed by atoms with Crippen LogP contribution in [-0.2, 0) is 9.59 Å². The number of amides is 2. The highest BCUT2D eigenvalue weighted by atomic mass is 16.2. The molecule has 0 unspecified atom stereocenters. The summed E-state index contributed by atoms with van der Waals surface area (Å²) < 4.78 is 0. The Kier molecular flexibility index (Phi) is 4.24. The minimum Gasteiger partial charge on any atom is -0.353 e. The molecule has 1 aliphatic heterocycles. The lowest BCUT2D eigenvalue weighted by molar-refractivity contribution is -0.132. The van der Waals surface area contributed by atoms with Gasteiger partial charge in [-0.1, -0.05) is 0 Å². The van der Waals surface area contributed by atoms with E-state index in [9.17, 15) is 9.59 Å². The van der Waals surface area contributed by atoms with E-state index in [1.54, 1.807) is 0 Å². The third kappa shape index (κ3) is 3.95. The fourth-order valence-corrected chi connectivity index (χ4v) is 2.77. The summed E-state index contributed by atoms with van der Waals surface area (Å²) in [6.45, 7) is 2.39. The van der Waals surface area contributed by atoms with Crippen LogP contribution in [0.25, 0.3) is 0 Å². The van der Waals surface area contributed by atoms with E-state index < -0.39 is 0 Å². The van der Waals surface area contributed by atoms with Crippen LogP contribution < -0.4 is 10.6 Å². The number of nitrogens with zero attached hydrogens (tertiary/aromatic N) is 1. The highest BCUT2D eigenvalue weighted by molar-refractivity contribution is 5.81. The van der Waals surface area contributed by atoms with E-state index in [1.807, 2.05) is 4.90 Å². The van der Waals surface area contributed by atoms with Gasteiger partial charge in [0.25, 0.3) is 0 Å². The maximum atomic E-state index is 12.0. The van der Waals surface area contributed by atoms with E-state index >= 15 is 0 Å². The van der Waals surface area contributed by atoms with Crippen molar-refractivity contribution < 1.29 is 9.59 Å². The molecule has 3 fully saturated rings. The third-order valence-corrected chi connectivity index (χ3v) is 4.49. The van der Waals surface area contributed by atoms with Gasteiger partial charge < -0.3 is 15.5 Å². The quantitative estimate of drug-likeness (QED) is 0.750. The predicted octanol–water partition coefficient (Wildman–Crippen LogP) is 0.646. The number of likely N-dealkylation sites (tertiary alicyclic amines) is 1. The first kappa shape index (κ1) is 13.9.